The van der Waals surface area contributed by atoms with E-state index in [0.29, 0.717) is 0 Å². The molecule has 26 heavy (non-hydrogen) atoms. The molecule has 1 aromatic heterocycles. The smallest absolute Gasteiger partial charge is 0.0955 e. The lowest BCUT2D eigenvalue weighted by Crippen LogP contribution is -2.11. The maximum absolute atomic E-state index is 6.29. The third-order valence-corrected chi connectivity index (χ3v) is 5.63. The molecule has 0 aliphatic rings. The monoisotopic (exact) mass is 366 g/mol. The van der Waals surface area contributed by atoms with Gasteiger partial charge >= 0.3 is 0 Å². The Hall–Kier alpha value is -2.40. The molecule has 0 radical (unpaired) electrons. The minimum absolute atomic E-state index is 0.868. The summed E-state index contributed by atoms with van der Waals surface area (Å²) in [5.41, 5.74) is 11.7. The van der Waals surface area contributed by atoms with Gasteiger partial charge in [-0.3, -0.25) is 0 Å². The molecule has 4 nitrogen and oxygen atoms in total. The van der Waals surface area contributed by atoms with Crippen LogP contribution in [0.1, 0.15) is 12.1 Å². The van der Waals surface area contributed by atoms with Gasteiger partial charge in [-0.25, -0.2) is 4.98 Å². The van der Waals surface area contributed by atoms with Crippen molar-refractivity contribution >= 4 is 23.1 Å². The molecule has 2 aromatic carbocycles. The number of benzene rings is 2. The molecular formula is C21H26N4S. The maximum Gasteiger partial charge on any atom is 0.0955 e. The fourth-order valence-corrected chi connectivity index (χ4v) is 3.94. The Bertz CT molecular complexity index is 856. The van der Waals surface area contributed by atoms with Crippen molar-refractivity contribution in [3.63, 3.8) is 0 Å². The van der Waals surface area contributed by atoms with Crippen LogP contribution in [0.3, 0.4) is 0 Å². The Morgan fingerprint density at radius 1 is 1.08 bits per heavy atom. The summed E-state index contributed by atoms with van der Waals surface area (Å²) < 4.78 is 2.24. The van der Waals surface area contributed by atoms with Crippen molar-refractivity contribution in [2.45, 2.75) is 24.8 Å². The second kappa shape index (κ2) is 8.32. The summed E-state index contributed by atoms with van der Waals surface area (Å²) >= 11 is 1.82. The SMILES string of the molecule is Cc1c(-c2ccccc2)ncn1CCCSc1cccc(N(C)C)c1N. The molecule has 0 atom stereocenters. The topological polar surface area (TPSA) is 47.1 Å². The molecule has 0 aliphatic carbocycles. The van der Waals surface area contributed by atoms with Crippen LogP contribution in [-0.4, -0.2) is 29.4 Å². The average molecular weight is 367 g/mol. The maximum atomic E-state index is 6.29. The lowest BCUT2D eigenvalue weighted by Gasteiger charge is -2.17. The van der Waals surface area contributed by atoms with E-state index in [-0.39, 0.29) is 0 Å². The third kappa shape index (κ3) is 4.05. The summed E-state index contributed by atoms with van der Waals surface area (Å²) in [6.07, 6.45) is 3.02. The summed E-state index contributed by atoms with van der Waals surface area (Å²) in [5, 5.41) is 0. The lowest BCUT2D eigenvalue weighted by atomic mass is 10.1. The number of rotatable bonds is 7. The lowest BCUT2D eigenvalue weighted by molar-refractivity contribution is 0.667. The van der Waals surface area contributed by atoms with E-state index in [1.54, 1.807) is 0 Å². The molecule has 0 fully saturated rings. The summed E-state index contributed by atoms with van der Waals surface area (Å²) in [6.45, 7) is 3.10. The minimum Gasteiger partial charge on any atom is -0.396 e. The van der Waals surface area contributed by atoms with Crippen molar-refractivity contribution in [1.82, 2.24) is 9.55 Å². The van der Waals surface area contributed by atoms with E-state index in [1.165, 1.54) is 11.3 Å². The van der Waals surface area contributed by atoms with Crippen LogP contribution in [0, 0.1) is 6.92 Å². The molecular weight excluding hydrogens is 340 g/mol. The highest BCUT2D eigenvalue weighted by Crippen LogP contribution is 2.32. The quantitative estimate of drug-likeness (QED) is 0.374. The second-order valence-corrected chi connectivity index (χ2v) is 7.66. The van der Waals surface area contributed by atoms with E-state index in [4.69, 9.17) is 5.73 Å². The minimum atomic E-state index is 0.868. The largest absolute Gasteiger partial charge is 0.396 e. The zero-order chi connectivity index (χ0) is 18.5. The first-order valence-corrected chi connectivity index (χ1v) is 9.82. The molecule has 2 N–H and O–H groups in total. The molecule has 1 heterocycles. The van der Waals surface area contributed by atoms with E-state index in [1.807, 2.05) is 38.3 Å². The summed E-state index contributed by atoms with van der Waals surface area (Å²) in [4.78, 5) is 7.81. The van der Waals surface area contributed by atoms with Gasteiger partial charge in [0.15, 0.2) is 0 Å². The first-order valence-electron chi connectivity index (χ1n) is 8.83. The van der Waals surface area contributed by atoms with Crippen molar-refractivity contribution in [1.29, 1.82) is 0 Å². The summed E-state index contributed by atoms with van der Waals surface area (Å²) in [7, 11) is 4.04. The second-order valence-electron chi connectivity index (χ2n) is 6.52. The average Bonchev–Trinajstić information content (AvgIpc) is 3.01. The number of hydrogen-bond acceptors (Lipinski definition) is 4. The number of aryl methyl sites for hydroxylation is 1. The van der Waals surface area contributed by atoms with Crippen molar-refractivity contribution in [3.05, 3.63) is 60.6 Å². The Morgan fingerprint density at radius 2 is 1.85 bits per heavy atom. The number of anilines is 2. The van der Waals surface area contributed by atoms with E-state index >= 15 is 0 Å². The van der Waals surface area contributed by atoms with Crippen molar-refractivity contribution in [2.75, 3.05) is 30.5 Å². The molecule has 0 aliphatic heterocycles. The number of nitrogens with two attached hydrogens (primary N) is 1. The molecule has 0 spiro atoms. The van der Waals surface area contributed by atoms with Crippen molar-refractivity contribution < 1.29 is 0 Å². The van der Waals surface area contributed by atoms with Crippen LogP contribution in [0.5, 0.6) is 0 Å². The fourth-order valence-electron chi connectivity index (χ4n) is 3.01. The van der Waals surface area contributed by atoms with Crippen LogP contribution in [0.2, 0.25) is 0 Å². The van der Waals surface area contributed by atoms with E-state index in [0.717, 1.165) is 40.7 Å². The molecule has 3 aromatic rings. The van der Waals surface area contributed by atoms with Gasteiger partial charge in [-0.2, -0.15) is 0 Å². The molecule has 5 heteroatoms. The third-order valence-electron chi connectivity index (χ3n) is 4.47. The highest BCUT2D eigenvalue weighted by atomic mass is 32.2. The van der Waals surface area contributed by atoms with Gasteiger partial charge in [0, 0.05) is 36.8 Å². The Balaban J connectivity index is 1.58. The summed E-state index contributed by atoms with van der Waals surface area (Å²) in [6, 6.07) is 16.6. The van der Waals surface area contributed by atoms with Crippen LogP contribution >= 0.6 is 11.8 Å². The Labute approximate surface area is 160 Å². The predicted octanol–water partition coefficient (Wildman–Crippen LogP) is 4.69. The number of para-hydroxylation sites is 1. The van der Waals surface area contributed by atoms with Gasteiger partial charge in [-0.15, -0.1) is 11.8 Å². The van der Waals surface area contributed by atoms with Crippen LogP contribution in [0.15, 0.2) is 59.8 Å². The first-order chi connectivity index (χ1) is 12.6. The highest BCUT2D eigenvalue weighted by molar-refractivity contribution is 7.99. The van der Waals surface area contributed by atoms with Gasteiger partial charge < -0.3 is 15.2 Å². The number of nitrogen functional groups attached to an aromatic ring is 1. The Kier molecular flexibility index (Phi) is 5.89. The Morgan fingerprint density at radius 3 is 2.58 bits per heavy atom. The van der Waals surface area contributed by atoms with Gasteiger partial charge in [0.25, 0.3) is 0 Å². The van der Waals surface area contributed by atoms with Gasteiger partial charge in [0.05, 0.1) is 23.4 Å². The molecule has 0 saturated carbocycles. The van der Waals surface area contributed by atoms with Gasteiger partial charge in [0.1, 0.15) is 0 Å². The van der Waals surface area contributed by atoms with E-state index in [9.17, 15) is 0 Å². The van der Waals surface area contributed by atoms with Crippen molar-refractivity contribution in [3.8, 4) is 11.3 Å². The number of hydrogen-bond donors (Lipinski definition) is 1. The number of thioether (sulfide) groups is 1. The van der Waals surface area contributed by atoms with Crippen LogP contribution < -0.4 is 10.6 Å². The number of aromatic nitrogens is 2. The van der Waals surface area contributed by atoms with Crippen molar-refractivity contribution in [2.24, 2.45) is 0 Å². The highest BCUT2D eigenvalue weighted by Gasteiger charge is 2.09. The van der Waals surface area contributed by atoms with Gasteiger partial charge in [-0.1, -0.05) is 36.4 Å². The number of imidazole rings is 1. The molecule has 136 valence electrons. The molecule has 0 amide bonds. The van der Waals surface area contributed by atoms with Crippen LogP contribution in [0.4, 0.5) is 11.4 Å². The molecule has 0 unspecified atom stereocenters. The van der Waals surface area contributed by atoms with Crippen LogP contribution in [-0.2, 0) is 6.54 Å². The fraction of sp³-hybridized carbons (Fsp3) is 0.286. The van der Waals surface area contributed by atoms with Gasteiger partial charge in [-0.05, 0) is 31.2 Å². The number of nitrogens with zero attached hydrogens (tertiary/aromatic N) is 3. The van der Waals surface area contributed by atoms with E-state index in [2.05, 4.69) is 63.8 Å². The summed E-state index contributed by atoms with van der Waals surface area (Å²) in [5.74, 6) is 1.03. The standard InChI is InChI=1S/C21H26N4S/c1-16-21(17-9-5-4-6-10-17)23-15-25(16)13-8-14-26-19-12-7-11-18(20(19)22)24(2)3/h4-7,9-12,15H,8,13-14,22H2,1-3H3. The predicted molar refractivity (Wildman–Crippen MR) is 113 cm³/mol. The zero-order valence-corrected chi connectivity index (χ0v) is 16.5. The molecule has 0 saturated heterocycles. The van der Waals surface area contributed by atoms with Crippen LogP contribution in [0.25, 0.3) is 11.3 Å². The van der Waals surface area contributed by atoms with E-state index < -0.39 is 0 Å². The molecule has 3 rings (SSSR count). The van der Waals surface area contributed by atoms with Gasteiger partial charge in [0.2, 0.25) is 0 Å². The molecule has 0 bridgehead atoms. The normalized spacial score (nSPS) is 10.9. The zero-order valence-electron chi connectivity index (χ0n) is 15.6. The first kappa shape index (κ1) is 18.4.